The Bertz CT molecular complexity index is 337. The minimum absolute atomic E-state index is 0.199. The summed E-state index contributed by atoms with van der Waals surface area (Å²) in [7, 11) is 0. The summed E-state index contributed by atoms with van der Waals surface area (Å²) in [5, 5.41) is 10.1. The molecule has 15 heavy (non-hydrogen) atoms. The van der Waals surface area contributed by atoms with Gasteiger partial charge in [0.25, 0.3) is 0 Å². The van der Waals surface area contributed by atoms with Crippen molar-refractivity contribution in [3.8, 4) is 0 Å². The predicted octanol–water partition coefficient (Wildman–Crippen LogP) is 2.04. The van der Waals surface area contributed by atoms with Crippen molar-refractivity contribution >= 4 is 17.5 Å². The molecule has 0 aliphatic carbocycles. The highest BCUT2D eigenvalue weighted by Crippen LogP contribution is 2.30. The van der Waals surface area contributed by atoms with Gasteiger partial charge in [0.2, 0.25) is 0 Å². The van der Waals surface area contributed by atoms with E-state index in [1.807, 2.05) is 30.3 Å². The molecule has 0 bridgehead atoms. The molecule has 0 saturated carbocycles. The predicted molar refractivity (Wildman–Crippen MR) is 61.8 cm³/mol. The maximum atomic E-state index is 11.6. The summed E-state index contributed by atoms with van der Waals surface area (Å²) < 4.78 is 0. The standard InChI is InChI=1S/C12H14O2S/c13-11-6-7-15-8-10(11)12(14)9-4-2-1-3-5-9/h1-5,10,12,14H,6-8H2/t10-,12-/m1/s1. The molecule has 2 atom stereocenters. The summed E-state index contributed by atoms with van der Waals surface area (Å²) in [6.45, 7) is 0. The molecule has 0 radical (unpaired) electrons. The number of rotatable bonds is 2. The molecule has 1 aliphatic rings. The summed E-state index contributed by atoms with van der Waals surface area (Å²) >= 11 is 1.75. The Morgan fingerprint density at radius 2 is 2.07 bits per heavy atom. The van der Waals surface area contributed by atoms with Gasteiger partial charge in [-0.25, -0.2) is 0 Å². The average molecular weight is 222 g/mol. The van der Waals surface area contributed by atoms with E-state index in [1.165, 1.54) is 0 Å². The number of ketones is 1. The second-order valence-electron chi connectivity index (χ2n) is 3.75. The average Bonchev–Trinajstić information content (AvgIpc) is 2.30. The second-order valence-corrected chi connectivity index (χ2v) is 4.90. The maximum Gasteiger partial charge on any atom is 0.140 e. The van der Waals surface area contributed by atoms with Crippen molar-refractivity contribution in [2.75, 3.05) is 11.5 Å². The fourth-order valence-electron chi connectivity index (χ4n) is 1.81. The molecule has 1 aromatic carbocycles. The van der Waals surface area contributed by atoms with E-state index in [-0.39, 0.29) is 11.7 Å². The molecule has 2 rings (SSSR count). The van der Waals surface area contributed by atoms with Crippen molar-refractivity contribution in [1.82, 2.24) is 0 Å². The first kappa shape index (κ1) is 10.7. The Balaban J connectivity index is 2.13. The monoisotopic (exact) mass is 222 g/mol. The van der Waals surface area contributed by atoms with Crippen LogP contribution in [0, 0.1) is 5.92 Å². The molecule has 1 fully saturated rings. The van der Waals surface area contributed by atoms with Crippen molar-refractivity contribution < 1.29 is 9.90 Å². The fraction of sp³-hybridized carbons (Fsp3) is 0.417. The molecule has 2 nitrogen and oxygen atoms in total. The third-order valence-electron chi connectivity index (χ3n) is 2.73. The third-order valence-corrected chi connectivity index (χ3v) is 3.81. The van der Waals surface area contributed by atoms with Crippen LogP contribution in [0.5, 0.6) is 0 Å². The SMILES string of the molecule is O=C1CCSC[C@H]1[C@H](O)c1ccccc1. The number of carbonyl (C=O) groups excluding carboxylic acids is 1. The molecule has 3 heteroatoms. The lowest BCUT2D eigenvalue weighted by atomic mass is 9.92. The van der Waals surface area contributed by atoms with Crippen LogP contribution in [0.1, 0.15) is 18.1 Å². The van der Waals surface area contributed by atoms with Gasteiger partial charge in [0.1, 0.15) is 5.78 Å². The Kier molecular flexibility index (Phi) is 3.44. The maximum absolute atomic E-state index is 11.6. The van der Waals surface area contributed by atoms with Gasteiger partial charge in [-0.3, -0.25) is 4.79 Å². The molecule has 1 N–H and O–H groups in total. The molecule has 1 heterocycles. The van der Waals surface area contributed by atoms with Crippen LogP contribution in [-0.2, 0) is 4.79 Å². The van der Waals surface area contributed by atoms with Crippen LogP contribution < -0.4 is 0 Å². The molecule has 0 amide bonds. The largest absolute Gasteiger partial charge is 0.388 e. The van der Waals surface area contributed by atoms with Gasteiger partial charge < -0.3 is 5.11 Å². The first-order valence-corrected chi connectivity index (χ1v) is 6.28. The number of benzene rings is 1. The van der Waals surface area contributed by atoms with Gasteiger partial charge in [-0.2, -0.15) is 11.8 Å². The van der Waals surface area contributed by atoms with Crippen LogP contribution in [-0.4, -0.2) is 22.4 Å². The number of hydrogen-bond acceptors (Lipinski definition) is 3. The van der Waals surface area contributed by atoms with E-state index in [4.69, 9.17) is 0 Å². The molecular formula is C12H14O2S. The van der Waals surface area contributed by atoms with Gasteiger partial charge >= 0.3 is 0 Å². The Morgan fingerprint density at radius 3 is 2.73 bits per heavy atom. The Labute approximate surface area is 93.7 Å². The highest BCUT2D eigenvalue weighted by molar-refractivity contribution is 7.99. The van der Waals surface area contributed by atoms with Gasteiger partial charge in [-0.05, 0) is 5.56 Å². The van der Waals surface area contributed by atoms with Crippen molar-refractivity contribution in [2.24, 2.45) is 5.92 Å². The number of hydrogen-bond donors (Lipinski definition) is 1. The van der Waals surface area contributed by atoms with Gasteiger partial charge in [0.05, 0.1) is 12.0 Å². The van der Waals surface area contributed by atoms with Crippen LogP contribution in [0.4, 0.5) is 0 Å². The molecule has 1 saturated heterocycles. The zero-order valence-electron chi connectivity index (χ0n) is 8.43. The van der Waals surface area contributed by atoms with E-state index >= 15 is 0 Å². The van der Waals surface area contributed by atoms with Gasteiger partial charge in [-0.1, -0.05) is 30.3 Å². The first-order chi connectivity index (χ1) is 7.29. The van der Waals surface area contributed by atoms with Crippen LogP contribution in [0.25, 0.3) is 0 Å². The Morgan fingerprint density at radius 1 is 1.33 bits per heavy atom. The van der Waals surface area contributed by atoms with Crippen LogP contribution in [0.3, 0.4) is 0 Å². The number of carbonyl (C=O) groups is 1. The summed E-state index contributed by atoms with van der Waals surface area (Å²) in [5.74, 6) is 1.63. The zero-order valence-corrected chi connectivity index (χ0v) is 9.24. The van der Waals surface area contributed by atoms with Crippen molar-refractivity contribution in [3.05, 3.63) is 35.9 Å². The third kappa shape index (κ3) is 2.41. The van der Waals surface area contributed by atoms with E-state index in [1.54, 1.807) is 11.8 Å². The molecule has 80 valence electrons. The van der Waals surface area contributed by atoms with E-state index in [0.29, 0.717) is 6.42 Å². The lowest BCUT2D eigenvalue weighted by Crippen LogP contribution is -2.28. The summed E-state index contributed by atoms with van der Waals surface area (Å²) in [5.41, 5.74) is 0.846. The Hall–Kier alpha value is -0.800. The lowest BCUT2D eigenvalue weighted by molar-refractivity contribution is -0.125. The highest BCUT2D eigenvalue weighted by Gasteiger charge is 2.30. The number of thioether (sulfide) groups is 1. The van der Waals surface area contributed by atoms with Crippen molar-refractivity contribution in [1.29, 1.82) is 0 Å². The quantitative estimate of drug-likeness (QED) is 0.832. The number of Topliss-reactive ketones (excluding diaryl/α,β-unsaturated/α-hetero) is 1. The molecule has 0 unspecified atom stereocenters. The smallest absolute Gasteiger partial charge is 0.140 e. The van der Waals surface area contributed by atoms with E-state index in [9.17, 15) is 9.90 Å². The van der Waals surface area contributed by atoms with E-state index in [0.717, 1.165) is 17.1 Å². The van der Waals surface area contributed by atoms with Gasteiger partial charge in [-0.15, -0.1) is 0 Å². The minimum atomic E-state index is -0.633. The van der Waals surface area contributed by atoms with Crippen LogP contribution in [0.15, 0.2) is 30.3 Å². The van der Waals surface area contributed by atoms with Gasteiger partial charge in [0, 0.05) is 17.9 Å². The van der Waals surface area contributed by atoms with Crippen LogP contribution in [0.2, 0.25) is 0 Å². The topological polar surface area (TPSA) is 37.3 Å². The molecule has 0 spiro atoms. The normalized spacial score (nSPS) is 23.8. The van der Waals surface area contributed by atoms with E-state index in [2.05, 4.69) is 0 Å². The van der Waals surface area contributed by atoms with Crippen molar-refractivity contribution in [2.45, 2.75) is 12.5 Å². The molecule has 0 aromatic heterocycles. The zero-order chi connectivity index (χ0) is 10.7. The second kappa shape index (κ2) is 4.81. The summed E-state index contributed by atoms with van der Waals surface area (Å²) in [4.78, 5) is 11.6. The first-order valence-electron chi connectivity index (χ1n) is 5.12. The number of aliphatic hydroxyl groups is 1. The van der Waals surface area contributed by atoms with Gasteiger partial charge in [0.15, 0.2) is 0 Å². The molecular weight excluding hydrogens is 208 g/mol. The molecule has 1 aromatic rings. The highest BCUT2D eigenvalue weighted by atomic mass is 32.2. The number of aliphatic hydroxyl groups excluding tert-OH is 1. The fourth-order valence-corrected chi connectivity index (χ4v) is 2.95. The van der Waals surface area contributed by atoms with E-state index < -0.39 is 6.10 Å². The molecule has 1 aliphatic heterocycles. The minimum Gasteiger partial charge on any atom is -0.388 e. The summed E-state index contributed by atoms with van der Waals surface area (Å²) in [6, 6.07) is 9.43. The van der Waals surface area contributed by atoms with Crippen LogP contribution >= 0.6 is 11.8 Å². The summed E-state index contributed by atoms with van der Waals surface area (Å²) in [6.07, 6.45) is -0.0364. The van der Waals surface area contributed by atoms with Crippen molar-refractivity contribution in [3.63, 3.8) is 0 Å². The lowest BCUT2D eigenvalue weighted by Gasteiger charge is -2.25.